The van der Waals surface area contributed by atoms with Crippen molar-refractivity contribution in [2.24, 2.45) is 0 Å². The summed E-state index contributed by atoms with van der Waals surface area (Å²) in [6, 6.07) is 17.3. The van der Waals surface area contributed by atoms with E-state index >= 15 is 0 Å². The number of hydrogen-bond donors (Lipinski definition) is 0. The quantitative estimate of drug-likeness (QED) is 0.655. The average molecular weight is 304 g/mol. The van der Waals surface area contributed by atoms with Crippen LogP contribution in [-0.2, 0) is 11.2 Å². The van der Waals surface area contributed by atoms with Gasteiger partial charge >= 0.3 is 0 Å². The Morgan fingerprint density at radius 1 is 0.773 bits per heavy atom. The van der Waals surface area contributed by atoms with Crippen LogP contribution in [0, 0.1) is 0 Å². The van der Waals surface area contributed by atoms with E-state index < -0.39 is 0 Å². The molecular formula is C20H16OS. The molecule has 0 aromatic heterocycles. The number of rotatable bonds is 0. The van der Waals surface area contributed by atoms with Crippen LogP contribution in [-0.4, -0.2) is 5.75 Å². The summed E-state index contributed by atoms with van der Waals surface area (Å²) in [5.41, 5.74) is 6.93. The van der Waals surface area contributed by atoms with E-state index in [-0.39, 0.29) is 0 Å². The Labute approximate surface area is 134 Å². The van der Waals surface area contributed by atoms with Crippen molar-refractivity contribution in [3.8, 4) is 0 Å². The molecule has 0 unspecified atom stereocenters. The van der Waals surface area contributed by atoms with Crippen LogP contribution in [0.3, 0.4) is 0 Å². The van der Waals surface area contributed by atoms with Crippen LogP contribution in [0.15, 0.2) is 64.6 Å². The second-order valence-electron chi connectivity index (χ2n) is 6.09. The van der Waals surface area contributed by atoms with Gasteiger partial charge in [-0.25, -0.2) is 0 Å². The van der Waals surface area contributed by atoms with Crippen molar-refractivity contribution in [3.05, 3.63) is 76.4 Å². The van der Waals surface area contributed by atoms with Gasteiger partial charge in [0.1, 0.15) is 11.5 Å². The van der Waals surface area contributed by atoms with Gasteiger partial charge in [-0.2, -0.15) is 0 Å². The summed E-state index contributed by atoms with van der Waals surface area (Å²) in [5, 5.41) is 0. The van der Waals surface area contributed by atoms with E-state index in [0.717, 1.165) is 36.5 Å². The molecule has 0 N–H and O–H groups in total. The maximum atomic E-state index is 6.49. The average Bonchev–Trinajstić information content (AvgIpc) is 2.60. The first-order chi connectivity index (χ1) is 10.9. The third-order valence-corrected chi connectivity index (χ3v) is 5.92. The second kappa shape index (κ2) is 4.79. The number of fused-ring (bicyclic) bond motifs is 4. The minimum atomic E-state index is 1.06. The zero-order chi connectivity index (χ0) is 14.5. The van der Waals surface area contributed by atoms with Crippen molar-refractivity contribution in [1.82, 2.24) is 0 Å². The minimum absolute atomic E-state index is 1.06. The third kappa shape index (κ3) is 1.80. The van der Waals surface area contributed by atoms with Crippen molar-refractivity contribution in [2.45, 2.75) is 24.2 Å². The number of allylic oxidation sites excluding steroid dienone is 1. The van der Waals surface area contributed by atoms with Crippen LogP contribution in [0.4, 0.5) is 0 Å². The first-order valence-corrected chi connectivity index (χ1v) is 8.81. The normalized spacial score (nSPS) is 18.9. The fourth-order valence-corrected chi connectivity index (χ4v) is 4.72. The Balaban J connectivity index is 1.62. The maximum absolute atomic E-state index is 6.49. The lowest BCUT2D eigenvalue weighted by atomic mass is 9.85. The van der Waals surface area contributed by atoms with Gasteiger partial charge in [0.15, 0.2) is 0 Å². The molecule has 3 aliphatic rings. The van der Waals surface area contributed by atoms with Crippen molar-refractivity contribution in [1.29, 1.82) is 0 Å². The van der Waals surface area contributed by atoms with Crippen molar-refractivity contribution in [3.63, 3.8) is 0 Å². The van der Waals surface area contributed by atoms with Crippen molar-refractivity contribution < 1.29 is 4.74 Å². The van der Waals surface area contributed by atoms with Crippen LogP contribution >= 0.6 is 11.8 Å². The Bertz CT molecular complexity index is 775. The number of aryl methyl sites for hydroxylation is 1. The fourth-order valence-electron chi connectivity index (χ4n) is 3.66. The molecule has 0 radical (unpaired) electrons. The molecule has 0 bridgehead atoms. The molecule has 2 aromatic carbocycles. The summed E-state index contributed by atoms with van der Waals surface area (Å²) in [4.78, 5) is 1.34. The Hall–Kier alpha value is -1.93. The lowest BCUT2D eigenvalue weighted by molar-refractivity contribution is 0.441. The van der Waals surface area contributed by atoms with Crippen LogP contribution in [0.2, 0.25) is 0 Å². The van der Waals surface area contributed by atoms with Gasteiger partial charge < -0.3 is 4.74 Å². The largest absolute Gasteiger partial charge is 0.456 e. The fraction of sp³-hybridized carbons (Fsp3) is 0.200. The van der Waals surface area contributed by atoms with Gasteiger partial charge in [-0.05, 0) is 42.0 Å². The molecule has 0 saturated carbocycles. The van der Waals surface area contributed by atoms with E-state index in [9.17, 15) is 0 Å². The molecule has 0 saturated heterocycles. The van der Waals surface area contributed by atoms with Crippen molar-refractivity contribution >= 4 is 23.3 Å². The molecule has 108 valence electrons. The summed E-state index contributed by atoms with van der Waals surface area (Å²) in [7, 11) is 0. The summed E-state index contributed by atoms with van der Waals surface area (Å²) in [6.45, 7) is 0. The molecule has 0 atom stereocenters. The Morgan fingerprint density at radius 3 is 2.50 bits per heavy atom. The van der Waals surface area contributed by atoms with E-state index in [1.165, 1.54) is 32.7 Å². The van der Waals surface area contributed by atoms with Crippen molar-refractivity contribution in [2.75, 3.05) is 5.75 Å². The highest BCUT2D eigenvalue weighted by Crippen LogP contribution is 2.48. The van der Waals surface area contributed by atoms with Gasteiger partial charge in [0, 0.05) is 21.8 Å². The van der Waals surface area contributed by atoms with Gasteiger partial charge in [0.25, 0.3) is 0 Å². The molecule has 2 aromatic rings. The Morgan fingerprint density at radius 2 is 1.55 bits per heavy atom. The zero-order valence-electron chi connectivity index (χ0n) is 12.3. The number of ether oxygens (including phenoxy) is 1. The molecule has 0 fully saturated rings. The van der Waals surface area contributed by atoms with Gasteiger partial charge in [-0.3, -0.25) is 0 Å². The van der Waals surface area contributed by atoms with Gasteiger partial charge in [-0.1, -0.05) is 42.5 Å². The first kappa shape index (κ1) is 12.6. The molecule has 5 rings (SSSR count). The van der Waals surface area contributed by atoms with Crippen LogP contribution in [0.1, 0.15) is 29.5 Å². The second-order valence-corrected chi connectivity index (χ2v) is 7.10. The molecule has 1 nitrogen and oxygen atoms in total. The summed E-state index contributed by atoms with van der Waals surface area (Å²) >= 11 is 1.94. The number of thioether (sulfide) groups is 1. The number of hydrogen-bond acceptors (Lipinski definition) is 2. The molecule has 2 heterocycles. The summed E-state index contributed by atoms with van der Waals surface area (Å²) in [6.07, 6.45) is 3.36. The molecule has 0 amide bonds. The van der Waals surface area contributed by atoms with E-state index in [0.29, 0.717) is 0 Å². The highest BCUT2D eigenvalue weighted by Gasteiger charge is 2.31. The molecule has 2 heteroatoms. The lowest BCUT2D eigenvalue weighted by Crippen LogP contribution is -2.16. The SMILES string of the molecule is c1ccc2c(c1)CCC1=C2OC2=C(CSc3ccccc32)C1. The van der Waals surface area contributed by atoms with Gasteiger partial charge in [0.05, 0.1) is 0 Å². The van der Waals surface area contributed by atoms with E-state index in [4.69, 9.17) is 4.74 Å². The number of benzene rings is 2. The first-order valence-electron chi connectivity index (χ1n) is 7.82. The highest BCUT2D eigenvalue weighted by molar-refractivity contribution is 7.99. The van der Waals surface area contributed by atoms with Crippen LogP contribution < -0.4 is 0 Å². The van der Waals surface area contributed by atoms with Crippen LogP contribution in [0.5, 0.6) is 0 Å². The zero-order valence-corrected chi connectivity index (χ0v) is 13.1. The topological polar surface area (TPSA) is 9.23 Å². The van der Waals surface area contributed by atoms with E-state index in [1.807, 2.05) is 11.8 Å². The van der Waals surface area contributed by atoms with Crippen LogP contribution in [0.25, 0.3) is 11.5 Å². The predicted octanol–water partition coefficient (Wildman–Crippen LogP) is 5.28. The lowest BCUT2D eigenvalue weighted by Gasteiger charge is -2.33. The molecule has 0 spiro atoms. The molecule has 22 heavy (non-hydrogen) atoms. The highest BCUT2D eigenvalue weighted by atomic mass is 32.2. The summed E-state index contributed by atoms with van der Waals surface area (Å²) in [5.74, 6) is 3.30. The molecular weight excluding hydrogens is 288 g/mol. The summed E-state index contributed by atoms with van der Waals surface area (Å²) < 4.78 is 6.49. The third-order valence-electron chi connectivity index (χ3n) is 4.76. The van der Waals surface area contributed by atoms with E-state index in [1.54, 1.807) is 0 Å². The molecule has 1 aliphatic carbocycles. The smallest absolute Gasteiger partial charge is 0.136 e. The monoisotopic (exact) mass is 304 g/mol. The predicted molar refractivity (Wildman–Crippen MR) is 91.5 cm³/mol. The maximum Gasteiger partial charge on any atom is 0.136 e. The standard InChI is InChI=1S/C20H16OS/c1-2-6-16-13(5-1)9-10-14-11-15-12-22-18-8-4-3-7-17(18)20(15)21-19(14)16/h1-8H,9-12H2. The minimum Gasteiger partial charge on any atom is -0.456 e. The van der Waals surface area contributed by atoms with E-state index in [2.05, 4.69) is 48.5 Å². The molecule has 2 aliphatic heterocycles. The van der Waals surface area contributed by atoms with Gasteiger partial charge in [-0.15, -0.1) is 11.8 Å². The Kier molecular flexibility index (Phi) is 2.74. The van der Waals surface area contributed by atoms with Gasteiger partial charge in [0.2, 0.25) is 0 Å².